The van der Waals surface area contributed by atoms with Crippen LogP contribution in [-0.2, 0) is 4.74 Å². The molecule has 3 rings (SSSR count). The van der Waals surface area contributed by atoms with Crippen molar-refractivity contribution in [2.24, 2.45) is 5.92 Å². The molecule has 0 saturated carbocycles. The predicted octanol–water partition coefficient (Wildman–Crippen LogP) is 2.15. The Morgan fingerprint density at radius 3 is 2.79 bits per heavy atom. The molecular weight excluding hydrogens is 247 g/mol. The maximum Gasteiger partial charge on any atom is 0.415 e. The van der Waals surface area contributed by atoms with Crippen molar-refractivity contribution in [1.82, 2.24) is 5.32 Å². The zero-order valence-electron chi connectivity index (χ0n) is 10.9. The van der Waals surface area contributed by atoms with Crippen molar-refractivity contribution in [2.45, 2.75) is 18.9 Å². The number of ether oxygens (including phenoxy) is 1. The third-order valence-electron chi connectivity index (χ3n) is 4.08. The number of halogens is 1. The van der Waals surface area contributed by atoms with Crippen LogP contribution in [0, 0.1) is 11.7 Å². The van der Waals surface area contributed by atoms with Gasteiger partial charge in [0.05, 0.1) is 6.54 Å². The Kier molecular flexibility index (Phi) is 2.93. The van der Waals surface area contributed by atoms with Crippen molar-refractivity contribution >= 4 is 11.8 Å². The van der Waals surface area contributed by atoms with Crippen molar-refractivity contribution in [3.8, 4) is 0 Å². The van der Waals surface area contributed by atoms with Gasteiger partial charge in [-0.05, 0) is 44.2 Å². The lowest BCUT2D eigenvalue weighted by Crippen LogP contribution is -2.40. The van der Waals surface area contributed by atoms with Crippen LogP contribution >= 0.6 is 0 Å². The molecule has 2 heterocycles. The van der Waals surface area contributed by atoms with Crippen LogP contribution in [-0.4, -0.2) is 31.3 Å². The number of carbonyl (C=O) groups is 1. The van der Waals surface area contributed by atoms with Crippen molar-refractivity contribution in [1.29, 1.82) is 0 Å². The molecule has 0 spiro atoms. The first-order chi connectivity index (χ1) is 9.08. The van der Waals surface area contributed by atoms with Gasteiger partial charge < -0.3 is 10.1 Å². The van der Waals surface area contributed by atoms with Gasteiger partial charge in [-0.15, -0.1) is 0 Å². The van der Waals surface area contributed by atoms with E-state index in [1.807, 2.05) is 6.92 Å². The van der Waals surface area contributed by atoms with Gasteiger partial charge >= 0.3 is 6.09 Å². The smallest absolute Gasteiger partial charge is 0.415 e. The maximum atomic E-state index is 12.9. The second-order valence-corrected chi connectivity index (χ2v) is 5.43. The SMILES string of the molecule is CC1(C2CCNC2)CN(c2ccc(F)cc2)C(=O)O1. The Bertz CT molecular complexity index is 485. The lowest BCUT2D eigenvalue weighted by molar-refractivity contribution is 0.0287. The van der Waals surface area contributed by atoms with Crippen LogP contribution in [0.1, 0.15) is 13.3 Å². The standard InChI is InChI=1S/C14H17FN2O2/c1-14(10-6-7-16-8-10)9-17(13(18)19-14)12-4-2-11(15)3-5-12/h2-5,10,16H,6-9H2,1H3. The fourth-order valence-electron chi connectivity index (χ4n) is 2.87. The number of nitrogens with one attached hydrogen (secondary N) is 1. The first-order valence-electron chi connectivity index (χ1n) is 6.55. The second-order valence-electron chi connectivity index (χ2n) is 5.43. The van der Waals surface area contributed by atoms with Crippen molar-refractivity contribution in [2.75, 3.05) is 24.5 Å². The van der Waals surface area contributed by atoms with Crippen LogP contribution < -0.4 is 10.2 Å². The van der Waals surface area contributed by atoms with Crippen molar-refractivity contribution < 1.29 is 13.9 Å². The molecule has 1 aromatic rings. The quantitative estimate of drug-likeness (QED) is 0.890. The third-order valence-corrected chi connectivity index (χ3v) is 4.08. The third kappa shape index (κ3) is 2.18. The Balaban J connectivity index is 1.81. The summed E-state index contributed by atoms with van der Waals surface area (Å²) in [6.45, 7) is 4.34. The summed E-state index contributed by atoms with van der Waals surface area (Å²) in [5.41, 5.74) is 0.218. The molecule has 2 aliphatic heterocycles. The van der Waals surface area contributed by atoms with Gasteiger partial charge in [0.1, 0.15) is 11.4 Å². The average Bonchev–Trinajstić information content (AvgIpc) is 2.99. The first-order valence-corrected chi connectivity index (χ1v) is 6.55. The van der Waals surface area contributed by atoms with E-state index in [2.05, 4.69) is 5.32 Å². The highest BCUT2D eigenvalue weighted by atomic mass is 19.1. The van der Waals surface area contributed by atoms with Gasteiger partial charge in [0.2, 0.25) is 0 Å². The molecule has 19 heavy (non-hydrogen) atoms. The molecule has 1 amide bonds. The Hall–Kier alpha value is -1.62. The Morgan fingerprint density at radius 2 is 2.16 bits per heavy atom. The van der Waals surface area contributed by atoms with E-state index in [0.717, 1.165) is 19.5 Å². The predicted molar refractivity (Wildman–Crippen MR) is 69.6 cm³/mol. The van der Waals surface area contributed by atoms with Crippen molar-refractivity contribution in [3.05, 3.63) is 30.1 Å². The molecule has 0 aromatic heterocycles. The molecule has 0 radical (unpaired) electrons. The minimum atomic E-state index is -0.463. The van der Waals surface area contributed by atoms with Crippen LogP contribution in [0.5, 0.6) is 0 Å². The van der Waals surface area contributed by atoms with Crippen LogP contribution in [0.15, 0.2) is 24.3 Å². The zero-order valence-corrected chi connectivity index (χ0v) is 10.9. The lowest BCUT2D eigenvalue weighted by atomic mass is 9.88. The topological polar surface area (TPSA) is 41.6 Å². The van der Waals surface area contributed by atoms with Crippen LogP contribution in [0.2, 0.25) is 0 Å². The Morgan fingerprint density at radius 1 is 1.42 bits per heavy atom. The molecular formula is C14H17FN2O2. The van der Waals surface area contributed by atoms with E-state index in [1.165, 1.54) is 12.1 Å². The summed E-state index contributed by atoms with van der Waals surface area (Å²) < 4.78 is 18.5. The molecule has 2 saturated heterocycles. The van der Waals surface area contributed by atoms with Crippen LogP contribution in [0.25, 0.3) is 0 Å². The van der Waals surface area contributed by atoms with E-state index in [1.54, 1.807) is 17.0 Å². The molecule has 1 N–H and O–H groups in total. The van der Waals surface area contributed by atoms with Gasteiger partial charge in [-0.1, -0.05) is 0 Å². The first kappa shape index (κ1) is 12.4. The average molecular weight is 264 g/mol. The van der Waals surface area contributed by atoms with E-state index in [9.17, 15) is 9.18 Å². The summed E-state index contributed by atoms with van der Waals surface area (Å²) in [5.74, 6) is 0.0287. The number of amides is 1. The van der Waals surface area contributed by atoms with Gasteiger partial charge in [-0.25, -0.2) is 9.18 Å². The van der Waals surface area contributed by atoms with E-state index in [0.29, 0.717) is 18.2 Å². The number of benzene rings is 1. The monoisotopic (exact) mass is 264 g/mol. The summed E-state index contributed by atoms with van der Waals surface area (Å²) in [6.07, 6.45) is 0.669. The van der Waals surface area contributed by atoms with E-state index in [4.69, 9.17) is 4.74 Å². The summed E-state index contributed by atoms with van der Waals surface area (Å²) in [6, 6.07) is 5.93. The van der Waals surface area contributed by atoms with Gasteiger partial charge in [0.25, 0.3) is 0 Å². The number of nitrogens with zero attached hydrogens (tertiary/aromatic N) is 1. The van der Waals surface area contributed by atoms with Gasteiger partial charge in [-0.2, -0.15) is 0 Å². The fourth-order valence-corrected chi connectivity index (χ4v) is 2.87. The summed E-state index contributed by atoms with van der Waals surface area (Å²) in [5, 5.41) is 3.29. The summed E-state index contributed by atoms with van der Waals surface area (Å²) in [4.78, 5) is 13.6. The van der Waals surface area contributed by atoms with Gasteiger partial charge in [0.15, 0.2) is 0 Å². The molecule has 2 unspecified atom stereocenters. The molecule has 5 heteroatoms. The summed E-state index contributed by atoms with van der Waals surface area (Å²) >= 11 is 0. The molecule has 2 aliphatic rings. The highest BCUT2D eigenvalue weighted by Crippen LogP contribution is 2.35. The lowest BCUT2D eigenvalue weighted by Gasteiger charge is -2.28. The zero-order chi connectivity index (χ0) is 13.5. The van der Waals surface area contributed by atoms with E-state index < -0.39 is 5.60 Å². The van der Waals surface area contributed by atoms with Crippen LogP contribution in [0.3, 0.4) is 0 Å². The van der Waals surface area contributed by atoms with E-state index in [-0.39, 0.29) is 11.9 Å². The van der Waals surface area contributed by atoms with Crippen LogP contribution in [0.4, 0.5) is 14.9 Å². The number of rotatable bonds is 2. The normalized spacial score (nSPS) is 30.7. The largest absolute Gasteiger partial charge is 0.441 e. The van der Waals surface area contributed by atoms with Gasteiger partial charge in [0, 0.05) is 18.2 Å². The number of hydrogen-bond donors (Lipinski definition) is 1. The summed E-state index contributed by atoms with van der Waals surface area (Å²) in [7, 11) is 0. The van der Waals surface area contributed by atoms with Crippen molar-refractivity contribution in [3.63, 3.8) is 0 Å². The fraction of sp³-hybridized carbons (Fsp3) is 0.500. The Labute approximate surface area is 111 Å². The maximum absolute atomic E-state index is 12.9. The molecule has 0 bridgehead atoms. The number of carbonyl (C=O) groups excluding carboxylic acids is 1. The highest BCUT2D eigenvalue weighted by molar-refractivity contribution is 5.90. The second kappa shape index (κ2) is 4.49. The molecule has 0 aliphatic carbocycles. The number of anilines is 1. The minimum Gasteiger partial charge on any atom is -0.441 e. The number of cyclic esters (lactones) is 1. The van der Waals surface area contributed by atoms with E-state index >= 15 is 0 Å². The number of hydrogen-bond acceptors (Lipinski definition) is 3. The highest BCUT2D eigenvalue weighted by Gasteiger charge is 2.48. The molecule has 2 atom stereocenters. The molecule has 102 valence electrons. The van der Waals surface area contributed by atoms with Gasteiger partial charge in [-0.3, -0.25) is 4.90 Å². The molecule has 4 nitrogen and oxygen atoms in total. The minimum absolute atomic E-state index is 0.306. The molecule has 1 aromatic carbocycles. The molecule has 2 fully saturated rings.